The van der Waals surface area contributed by atoms with E-state index in [0.717, 1.165) is 23.4 Å². The lowest BCUT2D eigenvalue weighted by Crippen LogP contribution is -2.57. The number of hydrogen-bond donors (Lipinski definition) is 3. The number of para-hydroxylation sites is 1. The first-order chi connectivity index (χ1) is 16.7. The van der Waals surface area contributed by atoms with Gasteiger partial charge in [-0.3, -0.25) is 19.3 Å². The van der Waals surface area contributed by atoms with Gasteiger partial charge in [0.05, 0.1) is 11.3 Å². The summed E-state index contributed by atoms with van der Waals surface area (Å²) in [6.45, 7) is 3.67. The second kappa shape index (κ2) is 9.81. The number of hydrogen-bond acceptors (Lipinski definition) is 5. The molecular weight excluding hydrogens is 455 g/mol. The lowest BCUT2D eigenvalue weighted by Gasteiger charge is -2.29. The Balaban J connectivity index is 1.55. The van der Waals surface area contributed by atoms with Gasteiger partial charge in [0.2, 0.25) is 17.8 Å². The van der Waals surface area contributed by atoms with E-state index in [2.05, 4.69) is 15.6 Å². The number of amides is 3. The van der Waals surface area contributed by atoms with Crippen molar-refractivity contribution in [1.29, 1.82) is 0 Å². The third kappa shape index (κ3) is 4.73. The van der Waals surface area contributed by atoms with E-state index in [0.29, 0.717) is 24.9 Å². The van der Waals surface area contributed by atoms with Crippen molar-refractivity contribution >= 4 is 29.4 Å². The molecule has 3 heterocycles. The smallest absolute Gasteiger partial charge is 0.327 e. The summed E-state index contributed by atoms with van der Waals surface area (Å²) in [5.74, 6) is -3.71. The maximum absolute atomic E-state index is 13.5. The number of carboxylic acids is 1. The van der Waals surface area contributed by atoms with E-state index in [1.165, 1.54) is 11.0 Å². The minimum absolute atomic E-state index is 0.0994. The fourth-order valence-electron chi connectivity index (χ4n) is 4.66. The minimum atomic E-state index is -1.11. The van der Waals surface area contributed by atoms with Gasteiger partial charge in [0.1, 0.15) is 18.1 Å². The number of carbonyl (C=O) groups is 4. The first kappa shape index (κ1) is 24.3. The standard InChI is InChI=1S/C25H27FN4O5/c1-3-13(2)20(29-22(31)16-8-10-19(26)27-12-16)23(32)28-17-9-7-14-5-4-6-15-11-18(25(34)35)30(21(14)15)24(17)33/h4-6,8,10,12-13,17-18,20H,3,7,9,11H2,1-2H3,(H,28,32)(H,29,31)(H,34,35)/t13-,17-,18-,20-/m0/s1. The molecule has 3 amide bonds. The summed E-state index contributed by atoms with van der Waals surface area (Å²) in [7, 11) is 0. The van der Waals surface area contributed by atoms with E-state index in [4.69, 9.17) is 0 Å². The average molecular weight is 483 g/mol. The zero-order valence-electron chi connectivity index (χ0n) is 19.5. The number of benzene rings is 1. The molecule has 0 fully saturated rings. The summed E-state index contributed by atoms with van der Waals surface area (Å²) in [5.41, 5.74) is 2.39. The molecule has 1 aromatic heterocycles. The Morgan fingerprint density at radius 2 is 1.97 bits per heavy atom. The van der Waals surface area contributed by atoms with Gasteiger partial charge in [-0.2, -0.15) is 4.39 Å². The zero-order valence-corrected chi connectivity index (χ0v) is 19.5. The highest BCUT2D eigenvalue weighted by molar-refractivity contribution is 6.07. The number of nitrogens with one attached hydrogen (secondary N) is 2. The third-order valence-electron chi connectivity index (χ3n) is 6.78. The molecule has 0 aliphatic carbocycles. The van der Waals surface area contributed by atoms with Crippen LogP contribution >= 0.6 is 0 Å². The fraction of sp³-hybridized carbons (Fsp3) is 0.400. The highest BCUT2D eigenvalue weighted by atomic mass is 19.1. The second-order valence-corrected chi connectivity index (χ2v) is 9.00. The summed E-state index contributed by atoms with van der Waals surface area (Å²) in [4.78, 5) is 56.1. The maximum atomic E-state index is 13.5. The number of nitrogens with zero attached hydrogens (tertiary/aromatic N) is 2. The van der Waals surface area contributed by atoms with Gasteiger partial charge in [-0.25, -0.2) is 9.78 Å². The molecule has 184 valence electrons. The quantitative estimate of drug-likeness (QED) is 0.517. The van der Waals surface area contributed by atoms with Crippen LogP contribution in [0.1, 0.15) is 48.2 Å². The largest absolute Gasteiger partial charge is 0.480 e. The molecule has 9 nitrogen and oxygen atoms in total. The van der Waals surface area contributed by atoms with E-state index in [1.54, 1.807) is 6.92 Å². The molecule has 4 atom stereocenters. The predicted molar refractivity (Wildman–Crippen MR) is 124 cm³/mol. The van der Waals surface area contributed by atoms with Gasteiger partial charge in [0, 0.05) is 12.6 Å². The summed E-state index contributed by atoms with van der Waals surface area (Å²) in [6, 6.07) is 4.92. The van der Waals surface area contributed by atoms with Crippen LogP contribution in [0.3, 0.4) is 0 Å². The summed E-state index contributed by atoms with van der Waals surface area (Å²) >= 11 is 0. The van der Waals surface area contributed by atoms with Crippen molar-refractivity contribution in [2.75, 3.05) is 4.90 Å². The van der Waals surface area contributed by atoms with Crippen molar-refractivity contribution in [3.63, 3.8) is 0 Å². The van der Waals surface area contributed by atoms with E-state index < -0.39 is 47.8 Å². The molecule has 4 rings (SSSR count). The molecule has 0 radical (unpaired) electrons. The topological polar surface area (TPSA) is 129 Å². The lowest BCUT2D eigenvalue weighted by atomic mass is 9.96. The van der Waals surface area contributed by atoms with Crippen LogP contribution in [0.5, 0.6) is 0 Å². The van der Waals surface area contributed by atoms with Crippen LogP contribution in [0.25, 0.3) is 0 Å². The highest BCUT2D eigenvalue weighted by Gasteiger charge is 2.44. The Bertz CT molecular complexity index is 1170. The Morgan fingerprint density at radius 1 is 1.23 bits per heavy atom. The van der Waals surface area contributed by atoms with E-state index in [1.807, 2.05) is 25.1 Å². The fourth-order valence-corrected chi connectivity index (χ4v) is 4.66. The Hall–Kier alpha value is -3.82. The molecule has 0 saturated carbocycles. The zero-order chi connectivity index (χ0) is 25.3. The lowest BCUT2D eigenvalue weighted by molar-refractivity contribution is -0.140. The molecule has 2 aromatic rings. The van der Waals surface area contributed by atoms with Gasteiger partial charge >= 0.3 is 5.97 Å². The SMILES string of the molecule is CC[C@H](C)[C@H](NC(=O)c1ccc(F)nc1)C(=O)N[C@H]1CCc2cccc3c2N(C1=O)[C@H](C(=O)O)C3. The van der Waals surface area contributed by atoms with Gasteiger partial charge in [-0.05, 0) is 42.0 Å². The van der Waals surface area contributed by atoms with Crippen LogP contribution in [-0.4, -0.2) is 51.9 Å². The molecule has 10 heteroatoms. The van der Waals surface area contributed by atoms with Gasteiger partial charge in [-0.15, -0.1) is 0 Å². The minimum Gasteiger partial charge on any atom is -0.480 e. The Kier molecular flexibility index (Phi) is 6.81. The molecule has 1 aromatic carbocycles. The van der Waals surface area contributed by atoms with Crippen LogP contribution in [0.15, 0.2) is 36.5 Å². The van der Waals surface area contributed by atoms with Gasteiger partial charge < -0.3 is 15.7 Å². The molecule has 2 aliphatic heterocycles. The van der Waals surface area contributed by atoms with E-state index >= 15 is 0 Å². The van der Waals surface area contributed by atoms with Crippen molar-refractivity contribution in [2.45, 2.75) is 57.7 Å². The number of halogens is 1. The van der Waals surface area contributed by atoms with Crippen molar-refractivity contribution < 1.29 is 28.7 Å². The Morgan fingerprint density at radius 3 is 2.63 bits per heavy atom. The van der Waals surface area contributed by atoms with Crippen molar-refractivity contribution in [3.8, 4) is 0 Å². The monoisotopic (exact) mass is 482 g/mol. The van der Waals surface area contributed by atoms with Crippen LogP contribution < -0.4 is 15.5 Å². The third-order valence-corrected chi connectivity index (χ3v) is 6.78. The number of pyridine rings is 1. The second-order valence-electron chi connectivity index (χ2n) is 9.00. The maximum Gasteiger partial charge on any atom is 0.327 e. The Labute approximate surface area is 201 Å². The number of carbonyl (C=O) groups excluding carboxylic acids is 3. The predicted octanol–water partition coefficient (Wildman–Crippen LogP) is 1.84. The normalized spacial score (nSPS) is 20.4. The van der Waals surface area contributed by atoms with Gasteiger partial charge in [0.15, 0.2) is 0 Å². The van der Waals surface area contributed by atoms with E-state index in [9.17, 15) is 28.7 Å². The van der Waals surface area contributed by atoms with Crippen LogP contribution in [-0.2, 0) is 27.2 Å². The highest BCUT2D eigenvalue weighted by Crippen LogP contribution is 2.39. The first-order valence-electron chi connectivity index (χ1n) is 11.6. The van der Waals surface area contributed by atoms with Crippen LogP contribution in [0.2, 0.25) is 0 Å². The molecule has 0 saturated heterocycles. The molecular formula is C25H27FN4O5. The number of rotatable bonds is 7. The summed E-state index contributed by atoms with van der Waals surface area (Å²) < 4.78 is 13.1. The van der Waals surface area contributed by atoms with Gasteiger partial charge in [0.25, 0.3) is 5.91 Å². The van der Waals surface area contributed by atoms with Crippen molar-refractivity contribution in [2.24, 2.45) is 5.92 Å². The van der Waals surface area contributed by atoms with Crippen LogP contribution in [0, 0.1) is 11.9 Å². The number of aliphatic carboxylic acids is 1. The number of aryl methyl sites for hydroxylation is 1. The average Bonchev–Trinajstić information content (AvgIpc) is 3.18. The molecule has 0 spiro atoms. The van der Waals surface area contributed by atoms with Gasteiger partial charge in [-0.1, -0.05) is 38.5 Å². The van der Waals surface area contributed by atoms with Crippen molar-refractivity contribution in [1.82, 2.24) is 15.6 Å². The van der Waals surface area contributed by atoms with E-state index in [-0.39, 0.29) is 17.9 Å². The molecule has 0 bridgehead atoms. The molecule has 35 heavy (non-hydrogen) atoms. The number of carboxylic acid groups (broad SMARTS) is 1. The van der Waals surface area contributed by atoms with Crippen LogP contribution in [0.4, 0.5) is 10.1 Å². The summed E-state index contributed by atoms with van der Waals surface area (Å²) in [5, 5.41) is 15.2. The number of anilines is 1. The molecule has 3 N–H and O–H groups in total. The summed E-state index contributed by atoms with van der Waals surface area (Å²) in [6.07, 6.45) is 2.65. The molecule has 0 unspecified atom stereocenters. The van der Waals surface area contributed by atoms with Crippen molar-refractivity contribution in [3.05, 3.63) is 59.2 Å². The number of aromatic nitrogens is 1. The molecule has 2 aliphatic rings. The first-order valence-corrected chi connectivity index (χ1v) is 11.6.